The molecule has 0 bridgehead atoms. The number of nitrogens with two attached hydrogens (primary N) is 1. The van der Waals surface area contributed by atoms with Crippen molar-refractivity contribution in [1.29, 1.82) is 5.41 Å². The molecule has 1 aromatic heterocycles. The first-order chi connectivity index (χ1) is 14.8. The number of rotatable bonds is 11. The van der Waals surface area contributed by atoms with E-state index < -0.39 is 17.2 Å². The second-order valence-corrected chi connectivity index (χ2v) is 8.26. The van der Waals surface area contributed by atoms with Crippen LogP contribution in [0, 0.1) is 16.6 Å². The van der Waals surface area contributed by atoms with Crippen LogP contribution in [0.3, 0.4) is 0 Å². The molecule has 7 nitrogen and oxygen atoms in total. The molecule has 0 spiro atoms. The lowest BCUT2D eigenvalue weighted by Crippen LogP contribution is -2.42. The highest BCUT2D eigenvalue weighted by Gasteiger charge is 2.35. The number of nitrogen functional groups attached to an aromatic ring is 1. The van der Waals surface area contributed by atoms with Gasteiger partial charge in [0.1, 0.15) is 17.0 Å². The molecule has 1 aromatic carbocycles. The summed E-state index contributed by atoms with van der Waals surface area (Å²) in [7, 11) is 0. The number of hydrogen-bond acceptors (Lipinski definition) is 6. The average molecular weight is 448 g/mol. The molecular weight excluding hydrogens is 421 g/mol. The number of aldehydes is 1. The highest BCUT2D eigenvalue weighted by molar-refractivity contribution is 7.14. The monoisotopic (exact) mass is 447 g/mol. The first-order valence-corrected chi connectivity index (χ1v) is 10.7. The van der Waals surface area contributed by atoms with E-state index >= 15 is 0 Å². The van der Waals surface area contributed by atoms with E-state index in [4.69, 9.17) is 15.9 Å². The van der Waals surface area contributed by atoms with Gasteiger partial charge in [-0.05, 0) is 49.6 Å². The van der Waals surface area contributed by atoms with E-state index in [-0.39, 0.29) is 34.4 Å². The van der Waals surface area contributed by atoms with Gasteiger partial charge in [0.15, 0.2) is 11.6 Å². The van der Waals surface area contributed by atoms with Gasteiger partial charge < -0.3 is 20.6 Å². The summed E-state index contributed by atoms with van der Waals surface area (Å²) in [5.74, 6) is -2.16. The van der Waals surface area contributed by atoms with Gasteiger partial charge >= 0.3 is 5.97 Å². The maximum absolute atomic E-state index is 14.1. The maximum Gasteiger partial charge on any atom is 0.353 e. The third-order valence-electron chi connectivity index (χ3n) is 5.20. The molecule has 166 valence electrons. The van der Waals surface area contributed by atoms with Crippen LogP contribution in [0.5, 0.6) is 5.75 Å². The van der Waals surface area contributed by atoms with E-state index in [0.717, 1.165) is 17.2 Å². The smallest absolute Gasteiger partial charge is 0.353 e. The van der Waals surface area contributed by atoms with Crippen LogP contribution in [0.15, 0.2) is 30.3 Å². The van der Waals surface area contributed by atoms with Gasteiger partial charge in [-0.2, -0.15) is 0 Å². The minimum atomic E-state index is -0.791. The van der Waals surface area contributed by atoms with Crippen LogP contribution >= 0.6 is 11.3 Å². The van der Waals surface area contributed by atoms with E-state index in [2.05, 4.69) is 5.32 Å². The van der Waals surface area contributed by atoms with Crippen molar-refractivity contribution in [3.8, 4) is 5.75 Å². The number of halogens is 1. The molecule has 0 saturated carbocycles. The van der Waals surface area contributed by atoms with Crippen molar-refractivity contribution in [3.63, 3.8) is 0 Å². The van der Waals surface area contributed by atoms with Crippen LogP contribution < -0.4 is 15.8 Å². The molecule has 4 N–H and O–H groups in total. The molecule has 0 saturated heterocycles. The van der Waals surface area contributed by atoms with Crippen molar-refractivity contribution in [1.82, 2.24) is 5.32 Å². The van der Waals surface area contributed by atoms with Crippen molar-refractivity contribution in [2.45, 2.75) is 39.5 Å². The Balaban J connectivity index is 2.12. The molecule has 0 atom stereocenters. The summed E-state index contributed by atoms with van der Waals surface area (Å²) in [4.78, 5) is 36.8. The summed E-state index contributed by atoms with van der Waals surface area (Å²) in [5, 5.41) is 10.1. The number of carbonyl (C=O) groups excluding carboxylic acids is 3. The van der Waals surface area contributed by atoms with Crippen LogP contribution in [0.2, 0.25) is 0 Å². The van der Waals surface area contributed by atoms with Gasteiger partial charge in [0.2, 0.25) is 5.91 Å². The van der Waals surface area contributed by atoms with Crippen molar-refractivity contribution < 1.29 is 23.5 Å². The van der Waals surface area contributed by atoms with E-state index in [1.807, 2.05) is 13.8 Å². The van der Waals surface area contributed by atoms with Crippen molar-refractivity contribution in [3.05, 3.63) is 51.5 Å². The summed E-state index contributed by atoms with van der Waals surface area (Å²) < 4.78 is 19.3. The van der Waals surface area contributed by atoms with Gasteiger partial charge in [-0.3, -0.25) is 10.2 Å². The van der Waals surface area contributed by atoms with E-state index in [0.29, 0.717) is 25.8 Å². The fourth-order valence-corrected chi connectivity index (χ4v) is 4.18. The number of amides is 1. The molecule has 0 radical (unpaired) electrons. The predicted molar refractivity (Wildman–Crippen MR) is 117 cm³/mol. The molecule has 9 heteroatoms. The van der Waals surface area contributed by atoms with Crippen molar-refractivity contribution >= 4 is 35.3 Å². The third-order valence-corrected chi connectivity index (χ3v) is 6.27. The average Bonchev–Trinajstić information content (AvgIpc) is 3.22. The van der Waals surface area contributed by atoms with Gasteiger partial charge in [0, 0.05) is 23.4 Å². The highest BCUT2D eigenvalue weighted by atomic mass is 32.1. The Bertz CT molecular complexity index is 969. The standard InChI is InChI=1S/C22H26FN3O4S/c1-3-22(4-2,21(29)26-10-5-11-27)13-15-7-9-18(31-15)20(28)30-17-8-6-14(19(24)25)12-16(17)23/h6-9,11-12H,3-5,10,13H2,1-2H3,(H3,24,25)(H,26,29). The summed E-state index contributed by atoms with van der Waals surface area (Å²) in [6, 6.07) is 7.03. The molecule has 1 heterocycles. The number of carbonyl (C=O) groups is 3. The lowest BCUT2D eigenvalue weighted by molar-refractivity contribution is -0.131. The summed E-state index contributed by atoms with van der Waals surface area (Å²) in [5.41, 5.74) is 4.87. The molecular formula is C22H26FN3O4S. The molecule has 2 rings (SSSR count). The van der Waals surface area contributed by atoms with Gasteiger partial charge in [-0.25, -0.2) is 9.18 Å². The Morgan fingerprint density at radius 1 is 1.26 bits per heavy atom. The predicted octanol–water partition coefficient (Wildman–Crippen LogP) is 3.44. The van der Waals surface area contributed by atoms with Gasteiger partial charge in [-0.15, -0.1) is 11.3 Å². The SMILES string of the molecule is CCC(CC)(Cc1ccc(C(=O)Oc2ccc(C(=N)N)cc2F)s1)C(=O)NCCC=O. The fourth-order valence-electron chi connectivity index (χ4n) is 3.15. The first kappa shape index (κ1) is 24.2. The summed E-state index contributed by atoms with van der Waals surface area (Å²) in [6.45, 7) is 4.15. The fraction of sp³-hybridized carbons (Fsp3) is 0.364. The normalized spacial score (nSPS) is 11.1. The largest absolute Gasteiger partial charge is 0.419 e. The molecule has 31 heavy (non-hydrogen) atoms. The third kappa shape index (κ3) is 5.97. The Kier molecular flexibility index (Phi) is 8.44. The number of ether oxygens (including phenoxy) is 1. The Morgan fingerprint density at radius 3 is 2.55 bits per heavy atom. The zero-order chi connectivity index (χ0) is 23.0. The van der Waals surface area contributed by atoms with Gasteiger partial charge in [0.25, 0.3) is 0 Å². The Labute approximate surface area is 184 Å². The summed E-state index contributed by atoms with van der Waals surface area (Å²) in [6.07, 6.45) is 2.65. The number of esters is 1. The number of hydrogen-bond donors (Lipinski definition) is 3. The Morgan fingerprint density at radius 2 is 1.97 bits per heavy atom. The van der Waals surface area contributed by atoms with Crippen LogP contribution in [-0.2, 0) is 16.0 Å². The van der Waals surface area contributed by atoms with E-state index in [1.165, 1.54) is 23.5 Å². The van der Waals surface area contributed by atoms with Crippen LogP contribution in [0.1, 0.15) is 53.2 Å². The quantitative estimate of drug-likeness (QED) is 0.122. The van der Waals surface area contributed by atoms with Crippen LogP contribution in [0.4, 0.5) is 4.39 Å². The topological polar surface area (TPSA) is 122 Å². The van der Waals surface area contributed by atoms with Crippen molar-refractivity contribution in [2.75, 3.05) is 6.54 Å². The summed E-state index contributed by atoms with van der Waals surface area (Å²) >= 11 is 1.19. The zero-order valence-electron chi connectivity index (χ0n) is 17.5. The second kappa shape index (κ2) is 10.8. The number of nitrogens with one attached hydrogen (secondary N) is 2. The second-order valence-electron chi connectivity index (χ2n) is 7.09. The molecule has 1 amide bonds. The number of thiophene rings is 1. The molecule has 2 aromatic rings. The lowest BCUT2D eigenvalue weighted by atomic mass is 9.78. The maximum atomic E-state index is 14.1. The molecule has 0 unspecified atom stereocenters. The van der Waals surface area contributed by atoms with Gasteiger partial charge in [0.05, 0.1) is 5.41 Å². The minimum Gasteiger partial charge on any atom is -0.419 e. The molecule has 0 fully saturated rings. The Hall–Kier alpha value is -3.07. The van der Waals surface area contributed by atoms with E-state index in [1.54, 1.807) is 12.1 Å². The van der Waals surface area contributed by atoms with Gasteiger partial charge in [-0.1, -0.05) is 13.8 Å². The zero-order valence-corrected chi connectivity index (χ0v) is 18.3. The highest BCUT2D eigenvalue weighted by Crippen LogP contribution is 2.34. The van der Waals surface area contributed by atoms with Crippen LogP contribution in [-0.4, -0.2) is 30.5 Å². The molecule has 0 aliphatic rings. The number of benzene rings is 1. The van der Waals surface area contributed by atoms with E-state index in [9.17, 15) is 18.8 Å². The van der Waals surface area contributed by atoms with Crippen molar-refractivity contribution in [2.24, 2.45) is 11.1 Å². The number of amidine groups is 1. The minimum absolute atomic E-state index is 0.121. The lowest BCUT2D eigenvalue weighted by Gasteiger charge is -2.29. The molecule has 0 aliphatic carbocycles. The first-order valence-electron chi connectivity index (χ1n) is 9.93. The van der Waals surface area contributed by atoms with Crippen LogP contribution in [0.25, 0.3) is 0 Å². The molecule has 0 aliphatic heterocycles.